The third-order valence-corrected chi connectivity index (χ3v) is 3.77. The van der Waals surface area contributed by atoms with Gasteiger partial charge in [-0.05, 0) is 12.5 Å². The van der Waals surface area contributed by atoms with Crippen molar-refractivity contribution in [3.63, 3.8) is 0 Å². The second kappa shape index (κ2) is 8.75. The number of rotatable bonds is 7. The maximum atomic E-state index is 11.8. The van der Waals surface area contributed by atoms with E-state index in [4.69, 9.17) is 9.26 Å². The fraction of sp³-hybridized carbons (Fsp3) is 0.200. The van der Waals surface area contributed by atoms with Gasteiger partial charge < -0.3 is 14.6 Å². The van der Waals surface area contributed by atoms with Crippen LogP contribution in [0.4, 0.5) is 0 Å². The number of amides is 1. The molecule has 0 radical (unpaired) electrons. The van der Waals surface area contributed by atoms with Crippen molar-refractivity contribution in [1.82, 2.24) is 15.5 Å². The molecule has 0 atom stereocenters. The van der Waals surface area contributed by atoms with Crippen LogP contribution in [0.1, 0.15) is 17.0 Å². The number of nitrogens with zero attached hydrogens (tertiary/aromatic N) is 2. The molecule has 3 aromatic rings. The lowest BCUT2D eigenvalue weighted by atomic mass is 10.1. The van der Waals surface area contributed by atoms with Crippen LogP contribution in [0.15, 0.2) is 59.1 Å². The monoisotopic (exact) mass is 365 g/mol. The van der Waals surface area contributed by atoms with Crippen molar-refractivity contribution in [2.24, 2.45) is 0 Å². The van der Waals surface area contributed by atoms with Crippen LogP contribution in [0.2, 0.25) is 0 Å². The van der Waals surface area contributed by atoms with E-state index in [-0.39, 0.29) is 31.4 Å². The van der Waals surface area contributed by atoms with Crippen LogP contribution in [-0.4, -0.2) is 28.6 Å². The second-order valence-corrected chi connectivity index (χ2v) is 5.98. The van der Waals surface area contributed by atoms with E-state index < -0.39 is 5.97 Å². The zero-order valence-electron chi connectivity index (χ0n) is 14.8. The van der Waals surface area contributed by atoms with Crippen molar-refractivity contribution in [3.05, 3.63) is 71.6 Å². The van der Waals surface area contributed by atoms with Gasteiger partial charge in [0.1, 0.15) is 6.54 Å². The average molecular weight is 365 g/mol. The Hall–Kier alpha value is -3.48. The summed E-state index contributed by atoms with van der Waals surface area (Å²) < 4.78 is 10.1. The Balaban J connectivity index is 1.43. The van der Waals surface area contributed by atoms with Gasteiger partial charge in [0.15, 0.2) is 6.61 Å². The van der Waals surface area contributed by atoms with Crippen LogP contribution in [0.3, 0.4) is 0 Å². The molecular formula is C20H19N3O4. The minimum Gasteiger partial charge on any atom is -0.454 e. The first-order valence-corrected chi connectivity index (χ1v) is 8.46. The highest BCUT2D eigenvalue weighted by atomic mass is 16.6. The lowest BCUT2D eigenvalue weighted by molar-refractivity contribution is -0.145. The Morgan fingerprint density at radius 2 is 1.81 bits per heavy atom. The van der Waals surface area contributed by atoms with E-state index in [1.54, 1.807) is 0 Å². The first-order chi connectivity index (χ1) is 13.1. The molecule has 0 saturated heterocycles. The molecule has 0 saturated carbocycles. The van der Waals surface area contributed by atoms with Gasteiger partial charge in [-0.3, -0.25) is 9.59 Å². The maximum absolute atomic E-state index is 11.8. The van der Waals surface area contributed by atoms with Crippen LogP contribution in [0.25, 0.3) is 11.4 Å². The van der Waals surface area contributed by atoms with E-state index in [0.717, 1.165) is 16.7 Å². The largest absolute Gasteiger partial charge is 0.454 e. The number of hydrogen-bond acceptors (Lipinski definition) is 6. The van der Waals surface area contributed by atoms with Gasteiger partial charge in [-0.15, -0.1) is 0 Å². The van der Waals surface area contributed by atoms with Crippen molar-refractivity contribution in [3.8, 4) is 11.4 Å². The van der Waals surface area contributed by atoms with E-state index in [1.165, 1.54) is 0 Å². The maximum Gasteiger partial charge on any atom is 0.325 e. The summed E-state index contributed by atoms with van der Waals surface area (Å²) in [5, 5.41) is 6.39. The lowest BCUT2D eigenvalue weighted by Gasteiger charge is -2.05. The number of hydrogen-bond donors (Lipinski definition) is 1. The third-order valence-electron chi connectivity index (χ3n) is 3.77. The smallest absolute Gasteiger partial charge is 0.325 e. The fourth-order valence-corrected chi connectivity index (χ4v) is 2.34. The van der Waals surface area contributed by atoms with Gasteiger partial charge in [0.25, 0.3) is 5.89 Å². The minimum absolute atomic E-state index is 0.147. The van der Waals surface area contributed by atoms with Gasteiger partial charge >= 0.3 is 5.97 Å². The van der Waals surface area contributed by atoms with Crippen molar-refractivity contribution >= 4 is 11.9 Å². The molecule has 0 aliphatic carbocycles. The molecule has 7 nitrogen and oxygen atoms in total. The highest BCUT2D eigenvalue weighted by Gasteiger charge is 2.12. The molecule has 0 fully saturated rings. The molecule has 138 valence electrons. The molecule has 1 amide bonds. The normalized spacial score (nSPS) is 10.4. The highest BCUT2D eigenvalue weighted by Crippen LogP contribution is 2.16. The number of carbonyl (C=O) groups excluding carboxylic acids is 2. The van der Waals surface area contributed by atoms with Gasteiger partial charge in [0.2, 0.25) is 11.7 Å². The van der Waals surface area contributed by atoms with E-state index >= 15 is 0 Å². The highest BCUT2D eigenvalue weighted by molar-refractivity contribution is 5.83. The molecule has 3 rings (SSSR count). The molecular weight excluding hydrogens is 346 g/mol. The van der Waals surface area contributed by atoms with E-state index in [1.807, 2.05) is 61.5 Å². The van der Waals surface area contributed by atoms with Crippen LogP contribution >= 0.6 is 0 Å². The van der Waals surface area contributed by atoms with Crippen LogP contribution in [0, 0.1) is 6.92 Å². The fourth-order valence-electron chi connectivity index (χ4n) is 2.34. The number of ether oxygens (including phenoxy) is 1. The predicted molar refractivity (Wildman–Crippen MR) is 97.4 cm³/mol. The first kappa shape index (κ1) is 18.3. The summed E-state index contributed by atoms with van der Waals surface area (Å²) >= 11 is 0. The van der Waals surface area contributed by atoms with E-state index in [0.29, 0.717) is 5.82 Å². The zero-order chi connectivity index (χ0) is 19.1. The summed E-state index contributed by atoms with van der Waals surface area (Å²) in [7, 11) is 0. The quantitative estimate of drug-likeness (QED) is 0.646. The average Bonchev–Trinajstić information content (AvgIpc) is 3.15. The molecule has 0 unspecified atom stereocenters. The minimum atomic E-state index is -0.577. The van der Waals surface area contributed by atoms with Gasteiger partial charge in [0.05, 0.1) is 6.42 Å². The number of esters is 1. The van der Waals surface area contributed by atoms with Gasteiger partial charge in [-0.2, -0.15) is 4.98 Å². The topological polar surface area (TPSA) is 94.3 Å². The SMILES string of the molecule is Cc1ccc(-c2noc(COC(=O)CNC(=O)Cc3ccccc3)n2)cc1. The summed E-state index contributed by atoms with van der Waals surface area (Å²) in [4.78, 5) is 27.8. The molecule has 0 bridgehead atoms. The molecule has 1 heterocycles. The van der Waals surface area contributed by atoms with Crippen molar-refractivity contribution in [2.45, 2.75) is 20.0 Å². The third kappa shape index (κ3) is 5.50. The molecule has 1 N–H and O–H groups in total. The Morgan fingerprint density at radius 1 is 1.07 bits per heavy atom. The van der Waals surface area contributed by atoms with E-state index in [9.17, 15) is 9.59 Å². The number of aromatic nitrogens is 2. The molecule has 1 aromatic heterocycles. The summed E-state index contributed by atoms with van der Waals surface area (Å²) in [6.45, 7) is 1.63. The van der Waals surface area contributed by atoms with Crippen molar-refractivity contribution in [1.29, 1.82) is 0 Å². The van der Waals surface area contributed by atoms with Gasteiger partial charge in [-0.25, -0.2) is 0 Å². The molecule has 0 spiro atoms. The van der Waals surface area contributed by atoms with Gasteiger partial charge in [0, 0.05) is 5.56 Å². The number of carbonyl (C=O) groups is 2. The molecule has 7 heteroatoms. The molecule has 27 heavy (non-hydrogen) atoms. The standard InChI is InChI=1S/C20H19N3O4/c1-14-7-9-16(10-8-14)20-22-18(27-23-20)13-26-19(25)12-21-17(24)11-15-5-3-2-4-6-15/h2-10H,11-13H2,1H3,(H,21,24). The number of benzene rings is 2. The Labute approximate surface area is 156 Å². The zero-order valence-corrected chi connectivity index (χ0v) is 14.8. The first-order valence-electron chi connectivity index (χ1n) is 8.46. The summed E-state index contributed by atoms with van der Waals surface area (Å²) in [6.07, 6.45) is 0.206. The van der Waals surface area contributed by atoms with E-state index in [2.05, 4.69) is 15.5 Å². The van der Waals surface area contributed by atoms with Crippen molar-refractivity contribution in [2.75, 3.05) is 6.54 Å². The second-order valence-electron chi connectivity index (χ2n) is 5.98. The summed E-state index contributed by atoms with van der Waals surface area (Å²) in [5.74, 6) is -0.212. The molecule has 0 aliphatic heterocycles. The van der Waals surface area contributed by atoms with Crippen LogP contribution in [-0.2, 0) is 27.4 Å². The lowest BCUT2D eigenvalue weighted by Crippen LogP contribution is -2.31. The number of aryl methyl sites for hydroxylation is 1. The number of nitrogens with one attached hydrogen (secondary N) is 1. The van der Waals surface area contributed by atoms with Crippen LogP contribution < -0.4 is 5.32 Å². The molecule has 2 aromatic carbocycles. The summed E-state index contributed by atoms with van der Waals surface area (Å²) in [5.41, 5.74) is 2.82. The predicted octanol–water partition coefficient (Wildman–Crippen LogP) is 2.45. The van der Waals surface area contributed by atoms with Gasteiger partial charge in [-0.1, -0.05) is 65.3 Å². The summed E-state index contributed by atoms with van der Waals surface area (Å²) in [6, 6.07) is 16.9. The van der Waals surface area contributed by atoms with Crippen molar-refractivity contribution < 1.29 is 18.8 Å². The Morgan fingerprint density at radius 3 is 2.56 bits per heavy atom. The molecule has 0 aliphatic rings. The Bertz CT molecular complexity index is 904. The van der Waals surface area contributed by atoms with Crippen LogP contribution in [0.5, 0.6) is 0 Å². The Kier molecular flexibility index (Phi) is 5.94.